The van der Waals surface area contributed by atoms with Crippen LogP contribution in [0.4, 0.5) is 17.6 Å². The highest BCUT2D eigenvalue weighted by Crippen LogP contribution is 2.32. The van der Waals surface area contributed by atoms with E-state index >= 15 is 0 Å². The Morgan fingerprint density at radius 2 is 1.76 bits per heavy atom. The lowest BCUT2D eigenvalue weighted by Crippen LogP contribution is -2.44. The maximum Gasteiger partial charge on any atom is 0.333 e. The van der Waals surface area contributed by atoms with E-state index in [-0.39, 0.29) is 11.0 Å². The predicted octanol–water partition coefficient (Wildman–Crippen LogP) is 2.41. The number of nitrogens with one attached hydrogen (secondary N) is 2. The van der Waals surface area contributed by atoms with Crippen LogP contribution in [0.25, 0.3) is 11.2 Å². The van der Waals surface area contributed by atoms with Crippen LogP contribution in [0.5, 0.6) is 0 Å². The number of methoxy groups -OCH3 is 1. The number of ether oxygens (including phenoxy) is 1. The average Bonchev–Trinajstić information content (AvgIpc) is 3.42. The molecule has 0 spiro atoms. The van der Waals surface area contributed by atoms with Gasteiger partial charge in [-0.2, -0.15) is 9.97 Å². The summed E-state index contributed by atoms with van der Waals surface area (Å²) in [4.78, 5) is 35.9. The van der Waals surface area contributed by atoms with Gasteiger partial charge in [-0.05, 0) is 18.4 Å². The number of carbonyl (C=O) groups excluding carboxylic acids is 1. The minimum Gasteiger partial charge on any atom is -0.467 e. The molecule has 0 bridgehead atoms. The van der Waals surface area contributed by atoms with Crippen LogP contribution in [0.2, 0.25) is 5.15 Å². The van der Waals surface area contributed by atoms with Crippen molar-refractivity contribution in [2.45, 2.75) is 18.9 Å². The second-order valence-electron chi connectivity index (χ2n) is 8.32. The van der Waals surface area contributed by atoms with Gasteiger partial charge < -0.3 is 25.2 Å². The van der Waals surface area contributed by atoms with Crippen molar-refractivity contribution in [1.82, 2.24) is 25.3 Å². The fraction of sp³-hybridized carbons (Fsp3) is 0.435. The molecular weight excluding hydrogens is 456 g/mol. The fourth-order valence-electron chi connectivity index (χ4n) is 4.33. The molecule has 2 saturated heterocycles. The minimum atomic E-state index is -0.789. The summed E-state index contributed by atoms with van der Waals surface area (Å²) in [6.45, 7) is 5.19. The van der Waals surface area contributed by atoms with Crippen LogP contribution in [0.3, 0.4) is 0 Å². The Labute approximate surface area is 202 Å². The zero-order chi connectivity index (χ0) is 23.5. The van der Waals surface area contributed by atoms with E-state index in [2.05, 4.69) is 25.4 Å². The maximum atomic E-state index is 12.6. The second-order valence-corrected chi connectivity index (χ2v) is 8.68. The largest absolute Gasteiger partial charge is 0.467 e. The van der Waals surface area contributed by atoms with Gasteiger partial charge >= 0.3 is 5.97 Å². The first kappa shape index (κ1) is 22.5. The zero-order valence-electron chi connectivity index (χ0n) is 19.0. The first-order valence-corrected chi connectivity index (χ1v) is 11.9. The molecule has 2 aromatic heterocycles. The Hall–Kier alpha value is -3.24. The number of fused-ring (bicyclic) bond motifs is 1. The fourth-order valence-corrected chi connectivity index (χ4v) is 4.51. The van der Waals surface area contributed by atoms with Gasteiger partial charge in [0.2, 0.25) is 5.95 Å². The van der Waals surface area contributed by atoms with E-state index in [0.717, 1.165) is 63.5 Å². The summed E-state index contributed by atoms with van der Waals surface area (Å²) in [5, 5.41) is 6.62. The van der Waals surface area contributed by atoms with Gasteiger partial charge in [0.05, 0.1) is 7.11 Å². The second kappa shape index (κ2) is 9.94. The van der Waals surface area contributed by atoms with Gasteiger partial charge in [-0.25, -0.2) is 14.8 Å². The molecule has 0 saturated carbocycles. The first-order valence-electron chi connectivity index (χ1n) is 11.5. The van der Waals surface area contributed by atoms with Gasteiger partial charge in [0.1, 0.15) is 0 Å². The number of hydrogen-bond donors (Lipinski definition) is 2. The van der Waals surface area contributed by atoms with Crippen molar-refractivity contribution in [1.29, 1.82) is 0 Å². The number of benzene rings is 1. The molecule has 3 aromatic rings. The number of anilines is 3. The van der Waals surface area contributed by atoms with E-state index < -0.39 is 12.0 Å². The van der Waals surface area contributed by atoms with Crippen LogP contribution in [0.15, 0.2) is 30.3 Å². The van der Waals surface area contributed by atoms with Crippen molar-refractivity contribution in [3.63, 3.8) is 0 Å². The minimum absolute atomic E-state index is 0.149. The van der Waals surface area contributed by atoms with Gasteiger partial charge in [0.25, 0.3) is 0 Å². The van der Waals surface area contributed by atoms with Crippen LogP contribution in [0, 0.1) is 0 Å². The Balaban J connectivity index is 1.57. The predicted molar refractivity (Wildman–Crippen MR) is 131 cm³/mol. The smallest absolute Gasteiger partial charge is 0.333 e. The highest BCUT2D eigenvalue weighted by molar-refractivity contribution is 6.32. The lowest BCUT2D eigenvalue weighted by atomic mass is 10.1. The lowest BCUT2D eigenvalue weighted by molar-refractivity contribution is -0.141. The molecule has 2 aliphatic rings. The van der Waals surface area contributed by atoms with Crippen molar-refractivity contribution < 1.29 is 9.53 Å². The Bertz CT molecular complexity index is 1170. The van der Waals surface area contributed by atoms with Crippen molar-refractivity contribution in [2.75, 3.05) is 61.5 Å². The summed E-state index contributed by atoms with van der Waals surface area (Å²) >= 11 is 6.57. The number of piperazine rings is 1. The number of aromatic nitrogens is 4. The van der Waals surface area contributed by atoms with Crippen molar-refractivity contribution >= 4 is 46.3 Å². The monoisotopic (exact) mass is 482 g/mol. The van der Waals surface area contributed by atoms with Gasteiger partial charge in [0, 0.05) is 39.3 Å². The highest BCUT2D eigenvalue weighted by atomic mass is 35.5. The average molecular weight is 483 g/mol. The highest BCUT2D eigenvalue weighted by Gasteiger charge is 2.26. The van der Waals surface area contributed by atoms with Gasteiger partial charge in [-0.3, -0.25) is 0 Å². The molecule has 0 amide bonds. The number of hydrogen-bond acceptors (Lipinski definition) is 10. The number of carbonyl (C=O) groups is 1. The molecule has 5 rings (SSSR count). The van der Waals surface area contributed by atoms with Crippen LogP contribution in [-0.2, 0) is 9.53 Å². The molecule has 34 heavy (non-hydrogen) atoms. The SMILES string of the molecule is COC(=O)[C@H](Nc1nc2nc(N3CCNCC3)nc(N3CCCC3)c2nc1Cl)c1ccccc1. The third-order valence-electron chi connectivity index (χ3n) is 6.11. The summed E-state index contributed by atoms with van der Waals surface area (Å²) < 4.78 is 5.01. The summed E-state index contributed by atoms with van der Waals surface area (Å²) in [6.07, 6.45) is 2.21. The summed E-state index contributed by atoms with van der Waals surface area (Å²) in [5.41, 5.74) is 1.73. The zero-order valence-corrected chi connectivity index (χ0v) is 19.8. The molecular formula is C23H27ClN8O2. The van der Waals surface area contributed by atoms with Crippen molar-refractivity contribution in [3.8, 4) is 0 Å². The third-order valence-corrected chi connectivity index (χ3v) is 6.38. The lowest BCUT2D eigenvalue weighted by Gasteiger charge is -2.28. The quantitative estimate of drug-likeness (QED) is 0.508. The van der Waals surface area contributed by atoms with Gasteiger partial charge in [-0.15, -0.1) is 0 Å². The van der Waals surface area contributed by atoms with E-state index in [0.29, 0.717) is 17.1 Å². The van der Waals surface area contributed by atoms with Crippen molar-refractivity contribution in [2.24, 2.45) is 0 Å². The number of esters is 1. The molecule has 10 nitrogen and oxygen atoms in total. The Kier molecular flexibility index (Phi) is 6.59. The molecule has 0 radical (unpaired) electrons. The Morgan fingerprint density at radius 3 is 2.47 bits per heavy atom. The summed E-state index contributed by atoms with van der Waals surface area (Å²) in [6, 6.07) is 8.49. The van der Waals surface area contributed by atoms with E-state index in [1.54, 1.807) is 0 Å². The normalized spacial score (nSPS) is 17.1. The van der Waals surface area contributed by atoms with E-state index in [4.69, 9.17) is 31.3 Å². The van der Waals surface area contributed by atoms with Gasteiger partial charge in [0.15, 0.2) is 34.0 Å². The third kappa shape index (κ3) is 4.55. The van der Waals surface area contributed by atoms with Crippen LogP contribution in [0.1, 0.15) is 24.4 Å². The molecule has 1 atom stereocenters. The topological polar surface area (TPSA) is 108 Å². The first-order chi connectivity index (χ1) is 16.6. The van der Waals surface area contributed by atoms with Crippen LogP contribution < -0.4 is 20.4 Å². The Morgan fingerprint density at radius 1 is 1.03 bits per heavy atom. The summed E-state index contributed by atoms with van der Waals surface area (Å²) in [5.74, 6) is 1.20. The van der Waals surface area contributed by atoms with Crippen molar-refractivity contribution in [3.05, 3.63) is 41.0 Å². The van der Waals surface area contributed by atoms with E-state index in [9.17, 15) is 4.79 Å². The molecule has 2 N–H and O–H groups in total. The molecule has 11 heteroatoms. The van der Waals surface area contributed by atoms with Crippen LogP contribution in [-0.4, -0.2) is 72.3 Å². The molecule has 2 fully saturated rings. The molecule has 178 valence electrons. The standard InChI is InChI=1S/C23H27ClN8O2/c1-34-22(33)16(15-7-3-2-4-8-15)27-20-18(24)26-17-19(28-20)29-23(32-13-9-25-10-14-32)30-21(17)31-11-5-6-12-31/h2-4,7-8,16,25H,5-6,9-14H2,1H3,(H,27,28,29,30)/t16-/m1/s1. The molecule has 0 aliphatic carbocycles. The molecule has 0 unspecified atom stereocenters. The molecule has 2 aliphatic heterocycles. The van der Waals surface area contributed by atoms with Crippen LogP contribution >= 0.6 is 11.6 Å². The number of nitrogens with zero attached hydrogens (tertiary/aromatic N) is 6. The maximum absolute atomic E-state index is 12.6. The van der Waals surface area contributed by atoms with E-state index in [1.165, 1.54) is 7.11 Å². The molecule has 4 heterocycles. The molecule has 1 aromatic carbocycles. The number of halogens is 1. The van der Waals surface area contributed by atoms with E-state index in [1.807, 2.05) is 30.3 Å². The number of rotatable bonds is 6. The summed E-state index contributed by atoms with van der Waals surface area (Å²) in [7, 11) is 1.35. The van der Waals surface area contributed by atoms with Gasteiger partial charge in [-0.1, -0.05) is 41.9 Å².